The van der Waals surface area contributed by atoms with Crippen LogP contribution in [0.25, 0.3) is 11.0 Å². The summed E-state index contributed by atoms with van der Waals surface area (Å²) in [6, 6.07) is 5.26. The lowest BCUT2D eigenvalue weighted by Crippen LogP contribution is -1.82. The smallest absolute Gasteiger partial charge is 0.170 e. The Bertz CT molecular complexity index is 406. The van der Waals surface area contributed by atoms with Crippen LogP contribution in [0.4, 0.5) is 0 Å². The number of furan rings is 1. The van der Waals surface area contributed by atoms with Crippen molar-refractivity contribution in [3.05, 3.63) is 29.5 Å². The highest BCUT2D eigenvalue weighted by atomic mass is 35.5. The third kappa shape index (κ3) is 0.959. The van der Waals surface area contributed by atoms with E-state index in [0.29, 0.717) is 10.8 Å². The van der Waals surface area contributed by atoms with Gasteiger partial charge in [0.25, 0.3) is 0 Å². The van der Waals surface area contributed by atoms with E-state index < -0.39 is 0 Å². The van der Waals surface area contributed by atoms with Gasteiger partial charge in [-0.3, -0.25) is 0 Å². The number of rotatable bonds is 1. The molecule has 0 bridgehead atoms. The van der Waals surface area contributed by atoms with Crippen LogP contribution < -0.4 is 4.74 Å². The Balaban J connectivity index is 2.78. The lowest BCUT2D eigenvalue weighted by atomic mass is 10.2. The fourth-order valence-electron chi connectivity index (χ4n) is 1.09. The van der Waals surface area contributed by atoms with Crippen LogP contribution in [0, 0.1) is 6.26 Å². The van der Waals surface area contributed by atoms with E-state index in [-0.39, 0.29) is 0 Å². The number of methoxy groups -OCH3 is 1. The summed E-state index contributed by atoms with van der Waals surface area (Å²) in [6.07, 6.45) is 2.61. The minimum Gasteiger partial charge on any atom is -0.495 e. The maximum Gasteiger partial charge on any atom is 0.170 e. The largest absolute Gasteiger partial charge is 0.495 e. The molecule has 3 heteroatoms. The van der Waals surface area contributed by atoms with Crippen LogP contribution in [0.1, 0.15) is 0 Å². The highest BCUT2D eigenvalue weighted by molar-refractivity contribution is 6.36. The zero-order valence-electron chi connectivity index (χ0n) is 6.43. The first kappa shape index (κ1) is 7.50. The Morgan fingerprint density at radius 1 is 1.50 bits per heavy atom. The highest BCUT2D eigenvalue weighted by Crippen LogP contribution is 2.32. The van der Waals surface area contributed by atoms with Crippen molar-refractivity contribution in [3.8, 4) is 5.75 Å². The molecule has 0 saturated carbocycles. The van der Waals surface area contributed by atoms with Crippen LogP contribution in [-0.4, -0.2) is 7.11 Å². The lowest BCUT2D eigenvalue weighted by Gasteiger charge is -2.01. The summed E-state index contributed by atoms with van der Waals surface area (Å²) in [5, 5.41) is 1.40. The Hall–Kier alpha value is -1.15. The molecule has 0 spiro atoms. The standard InChI is InChI=1S/C9H6ClO2/c1-11-8-3-2-7-6(9(8)10)4-5-12-7/h2-4H,1H3. The molecule has 1 aromatic carbocycles. The maximum absolute atomic E-state index is 5.98. The topological polar surface area (TPSA) is 22.4 Å². The molecular weight excluding hydrogens is 176 g/mol. The van der Waals surface area contributed by atoms with Gasteiger partial charge >= 0.3 is 0 Å². The Labute approximate surface area is 74.7 Å². The van der Waals surface area contributed by atoms with Gasteiger partial charge in [0.1, 0.15) is 11.3 Å². The molecule has 1 radical (unpaired) electrons. The third-order valence-electron chi connectivity index (χ3n) is 1.70. The first-order chi connectivity index (χ1) is 5.83. The number of ether oxygens (including phenoxy) is 1. The SMILES string of the molecule is COc1ccc2o[c]cc2c1Cl. The van der Waals surface area contributed by atoms with Gasteiger partial charge in [0, 0.05) is 5.39 Å². The van der Waals surface area contributed by atoms with E-state index in [1.807, 2.05) is 0 Å². The minimum absolute atomic E-state index is 0.569. The summed E-state index contributed by atoms with van der Waals surface area (Å²) in [5.41, 5.74) is 0.723. The average Bonchev–Trinajstić information content (AvgIpc) is 2.53. The van der Waals surface area contributed by atoms with Gasteiger partial charge in [0.05, 0.1) is 12.1 Å². The molecule has 0 amide bonds. The van der Waals surface area contributed by atoms with Gasteiger partial charge in [-0.25, -0.2) is 0 Å². The quantitative estimate of drug-likeness (QED) is 0.675. The van der Waals surface area contributed by atoms with Crippen molar-refractivity contribution >= 4 is 22.6 Å². The summed E-state index contributed by atoms with van der Waals surface area (Å²) in [7, 11) is 1.58. The first-order valence-corrected chi connectivity index (χ1v) is 3.83. The van der Waals surface area contributed by atoms with Crippen molar-refractivity contribution in [3.63, 3.8) is 0 Å². The second-order valence-electron chi connectivity index (χ2n) is 2.36. The molecule has 61 valence electrons. The molecule has 0 aliphatic heterocycles. The molecule has 0 aliphatic rings. The van der Waals surface area contributed by atoms with Crippen molar-refractivity contribution in [2.45, 2.75) is 0 Å². The summed E-state index contributed by atoms with van der Waals surface area (Å²) >= 11 is 5.98. The van der Waals surface area contributed by atoms with Crippen LogP contribution in [0.5, 0.6) is 5.75 Å². The molecule has 0 aliphatic carbocycles. The second-order valence-corrected chi connectivity index (χ2v) is 2.74. The monoisotopic (exact) mass is 181 g/mol. The van der Waals surface area contributed by atoms with Gasteiger partial charge in [0.2, 0.25) is 0 Å². The zero-order chi connectivity index (χ0) is 8.55. The highest BCUT2D eigenvalue weighted by Gasteiger charge is 2.06. The van der Waals surface area contributed by atoms with Gasteiger partial charge < -0.3 is 9.15 Å². The van der Waals surface area contributed by atoms with Crippen molar-refractivity contribution in [1.29, 1.82) is 0 Å². The molecule has 2 rings (SSSR count). The molecule has 1 aromatic heterocycles. The number of hydrogen-bond donors (Lipinski definition) is 0. The molecule has 0 atom stereocenters. The normalized spacial score (nSPS) is 10.5. The molecule has 0 fully saturated rings. The molecule has 12 heavy (non-hydrogen) atoms. The summed E-state index contributed by atoms with van der Waals surface area (Å²) in [6.45, 7) is 0. The molecule has 2 aromatic rings. The Kier molecular flexibility index (Phi) is 1.70. The zero-order valence-corrected chi connectivity index (χ0v) is 7.18. The van der Waals surface area contributed by atoms with E-state index in [1.54, 1.807) is 25.3 Å². The first-order valence-electron chi connectivity index (χ1n) is 3.45. The number of benzene rings is 1. The molecule has 2 nitrogen and oxygen atoms in total. The van der Waals surface area contributed by atoms with Crippen molar-refractivity contribution in [1.82, 2.24) is 0 Å². The van der Waals surface area contributed by atoms with Gasteiger partial charge in [-0.15, -0.1) is 0 Å². The van der Waals surface area contributed by atoms with Gasteiger partial charge in [-0.1, -0.05) is 11.6 Å². The molecular formula is C9H6ClO2. The number of fused-ring (bicyclic) bond motifs is 1. The summed E-state index contributed by atoms with van der Waals surface area (Å²) in [5.74, 6) is 0.652. The predicted octanol–water partition coefficient (Wildman–Crippen LogP) is 2.89. The van der Waals surface area contributed by atoms with Crippen molar-refractivity contribution < 1.29 is 9.15 Å². The lowest BCUT2D eigenvalue weighted by molar-refractivity contribution is 0.415. The molecule has 0 unspecified atom stereocenters. The second kappa shape index (κ2) is 2.72. The van der Waals surface area contributed by atoms with E-state index >= 15 is 0 Å². The van der Waals surface area contributed by atoms with Crippen molar-refractivity contribution in [2.75, 3.05) is 7.11 Å². The molecule has 0 N–H and O–H groups in total. The van der Waals surface area contributed by atoms with Crippen LogP contribution >= 0.6 is 11.6 Å². The van der Waals surface area contributed by atoms with E-state index in [4.69, 9.17) is 20.8 Å². The van der Waals surface area contributed by atoms with Crippen LogP contribution in [-0.2, 0) is 0 Å². The third-order valence-corrected chi connectivity index (χ3v) is 2.09. The van der Waals surface area contributed by atoms with Crippen LogP contribution in [0.15, 0.2) is 22.6 Å². The van der Waals surface area contributed by atoms with Crippen LogP contribution in [0.3, 0.4) is 0 Å². The van der Waals surface area contributed by atoms with Gasteiger partial charge in [-0.2, -0.15) is 0 Å². The van der Waals surface area contributed by atoms with Gasteiger partial charge in [-0.05, 0) is 18.2 Å². The van der Waals surface area contributed by atoms with Gasteiger partial charge in [0.15, 0.2) is 6.26 Å². The van der Waals surface area contributed by atoms with E-state index in [2.05, 4.69) is 6.26 Å². The fraction of sp³-hybridized carbons (Fsp3) is 0.111. The van der Waals surface area contributed by atoms with E-state index in [1.165, 1.54) is 0 Å². The fourth-order valence-corrected chi connectivity index (χ4v) is 1.38. The predicted molar refractivity (Wildman–Crippen MR) is 46.6 cm³/mol. The maximum atomic E-state index is 5.98. The molecule has 0 saturated heterocycles. The molecule has 1 heterocycles. The summed E-state index contributed by atoms with van der Waals surface area (Å²) in [4.78, 5) is 0. The van der Waals surface area contributed by atoms with Crippen molar-refractivity contribution in [2.24, 2.45) is 0 Å². The number of hydrogen-bond acceptors (Lipinski definition) is 2. The summed E-state index contributed by atoms with van der Waals surface area (Å²) < 4.78 is 10.1. The van der Waals surface area contributed by atoms with E-state index in [9.17, 15) is 0 Å². The van der Waals surface area contributed by atoms with Crippen LogP contribution in [0.2, 0.25) is 5.02 Å². The number of halogens is 1. The Morgan fingerprint density at radius 2 is 2.33 bits per heavy atom. The minimum atomic E-state index is 0.569. The Morgan fingerprint density at radius 3 is 3.08 bits per heavy atom. The van der Waals surface area contributed by atoms with E-state index in [0.717, 1.165) is 11.0 Å². The average molecular weight is 182 g/mol.